The van der Waals surface area contributed by atoms with Gasteiger partial charge >= 0.3 is 0 Å². The second kappa shape index (κ2) is 6.77. The molecule has 1 aromatic rings. The van der Waals surface area contributed by atoms with Crippen LogP contribution in [-0.4, -0.2) is 24.0 Å². The average molecular weight is 234 g/mol. The molecule has 0 aliphatic heterocycles. The Labute approximate surface area is 106 Å². The Morgan fingerprint density at radius 1 is 1.24 bits per heavy atom. The number of benzene rings is 1. The molecule has 0 spiro atoms. The van der Waals surface area contributed by atoms with Crippen LogP contribution in [0.5, 0.6) is 0 Å². The summed E-state index contributed by atoms with van der Waals surface area (Å²) in [5.41, 5.74) is 8.86. The zero-order chi connectivity index (χ0) is 12.8. The van der Waals surface area contributed by atoms with Gasteiger partial charge in [-0.15, -0.1) is 0 Å². The van der Waals surface area contributed by atoms with Gasteiger partial charge in [-0.2, -0.15) is 0 Å². The molecule has 0 bridgehead atoms. The molecule has 1 rings (SSSR count). The van der Waals surface area contributed by atoms with Gasteiger partial charge in [0.1, 0.15) is 0 Å². The van der Waals surface area contributed by atoms with E-state index in [4.69, 9.17) is 5.73 Å². The van der Waals surface area contributed by atoms with Crippen molar-refractivity contribution in [2.75, 3.05) is 13.1 Å². The largest absolute Gasteiger partial charge is 0.324 e. The third-order valence-corrected chi connectivity index (χ3v) is 3.45. The second-order valence-electron chi connectivity index (χ2n) is 4.97. The van der Waals surface area contributed by atoms with Crippen molar-refractivity contribution in [3.05, 3.63) is 35.4 Å². The second-order valence-corrected chi connectivity index (χ2v) is 4.97. The highest BCUT2D eigenvalue weighted by atomic mass is 15.1. The summed E-state index contributed by atoms with van der Waals surface area (Å²) in [6.45, 7) is 11.0. The Morgan fingerprint density at radius 3 is 2.41 bits per heavy atom. The molecule has 0 fully saturated rings. The van der Waals surface area contributed by atoms with E-state index in [1.54, 1.807) is 0 Å². The molecule has 1 aromatic carbocycles. The lowest BCUT2D eigenvalue weighted by molar-refractivity contribution is 0.225. The van der Waals surface area contributed by atoms with E-state index in [1.807, 2.05) is 0 Å². The van der Waals surface area contributed by atoms with E-state index in [1.165, 1.54) is 11.1 Å². The van der Waals surface area contributed by atoms with Gasteiger partial charge in [-0.3, -0.25) is 0 Å². The molecule has 2 N–H and O–H groups in total. The molecule has 96 valence electrons. The lowest BCUT2D eigenvalue weighted by Gasteiger charge is -2.26. The molecule has 0 saturated heterocycles. The zero-order valence-electron chi connectivity index (χ0n) is 11.6. The van der Waals surface area contributed by atoms with Gasteiger partial charge in [0.15, 0.2) is 0 Å². The Hall–Kier alpha value is -0.860. The Kier molecular flexibility index (Phi) is 5.66. The lowest BCUT2D eigenvalue weighted by atomic mass is 9.99. The number of aryl methyl sites for hydroxylation is 1. The summed E-state index contributed by atoms with van der Waals surface area (Å²) in [5.74, 6) is 0. The molecule has 2 heteroatoms. The molecule has 0 heterocycles. The van der Waals surface area contributed by atoms with Gasteiger partial charge in [0.2, 0.25) is 0 Å². The number of nitrogens with two attached hydrogens (primary N) is 1. The molecule has 0 radical (unpaired) electrons. The molecule has 17 heavy (non-hydrogen) atoms. The van der Waals surface area contributed by atoms with Crippen molar-refractivity contribution in [3.63, 3.8) is 0 Å². The van der Waals surface area contributed by atoms with E-state index in [0.717, 1.165) is 19.5 Å². The summed E-state index contributed by atoms with van der Waals surface area (Å²) in [6, 6.07) is 9.18. The van der Waals surface area contributed by atoms with Crippen LogP contribution in [0, 0.1) is 6.92 Å². The minimum atomic E-state index is 0.156. The maximum atomic E-state index is 6.27. The Morgan fingerprint density at radius 2 is 1.88 bits per heavy atom. The number of hydrogen-bond acceptors (Lipinski definition) is 2. The maximum Gasteiger partial charge on any atom is 0.0309 e. The third-order valence-electron chi connectivity index (χ3n) is 3.45. The van der Waals surface area contributed by atoms with Gasteiger partial charge in [-0.05, 0) is 44.9 Å². The topological polar surface area (TPSA) is 29.3 Å². The Bertz CT molecular complexity index is 333. The molecule has 0 amide bonds. The monoisotopic (exact) mass is 234 g/mol. The van der Waals surface area contributed by atoms with Crippen LogP contribution in [0.3, 0.4) is 0 Å². The van der Waals surface area contributed by atoms with Crippen LogP contribution in [0.25, 0.3) is 0 Å². The summed E-state index contributed by atoms with van der Waals surface area (Å²) in [4.78, 5) is 2.46. The van der Waals surface area contributed by atoms with Gasteiger partial charge in [-0.25, -0.2) is 0 Å². The first kappa shape index (κ1) is 14.2. The molecule has 0 aromatic heterocycles. The van der Waals surface area contributed by atoms with Crippen LogP contribution in [0.4, 0.5) is 0 Å². The smallest absolute Gasteiger partial charge is 0.0309 e. The fourth-order valence-electron chi connectivity index (χ4n) is 2.24. The predicted molar refractivity (Wildman–Crippen MR) is 75.1 cm³/mol. The highest BCUT2D eigenvalue weighted by molar-refractivity contribution is 5.28. The molecule has 1 atom stereocenters. The molecular formula is C15H26N2. The highest BCUT2D eigenvalue weighted by Gasteiger charge is 2.12. The van der Waals surface area contributed by atoms with Crippen LogP contribution in [0.15, 0.2) is 24.3 Å². The number of nitrogens with zero attached hydrogens (tertiary/aromatic N) is 1. The molecule has 0 saturated carbocycles. The fraction of sp³-hybridized carbons (Fsp3) is 0.600. The van der Waals surface area contributed by atoms with Crippen molar-refractivity contribution in [1.82, 2.24) is 4.90 Å². The van der Waals surface area contributed by atoms with Gasteiger partial charge < -0.3 is 10.6 Å². The maximum absolute atomic E-state index is 6.27. The molecular weight excluding hydrogens is 208 g/mol. The van der Waals surface area contributed by atoms with E-state index in [-0.39, 0.29) is 6.04 Å². The summed E-state index contributed by atoms with van der Waals surface area (Å²) in [6.07, 6.45) is 1.02. The van der Waals surface area contributed by atoms with Gasteiger partial charge in [0, 0.05) is 18.6 Å². The summed E-state index contributed by atoms with van der Waals surface area (Å²) >= 11 is 0. The van der Waals surface area contributed by atoms with E-state index >= 15 is 0 Å². The van der Waals surface area contributed by atoms with E-state index < -0.39 is 0 Å². The number of rotatable bonds is 6. The van der Waals surface area contributed by atoms with Crippen molar-refractivity contribution in [2.45, 2.75) is 46.2 Å². The number of hydrogen-bond donors (Lipinski definition) is 1. The first-order chi connectivity index (χ1) is 8.06. The summed E-state index contributed by atoms with van der Waals surface area (Å²) in [7, 11) is 0. The molecule has 0 aliphatic rings. The van der Waals surface area contributed by atoms with Gasteiger partial charge in [0.05, 0.1) is 0 Å². The normalized spacial score (nSPS) is 13.4. The van der Waals surface area contributed by atoms with Crippen LogP contribution in [-0.2, 0) is 0 Å². The third kappa shape index (κ3) is 4.14. The van der Waals surface area contributed by atoms with Crippen molar-refractivity contribution in [1.29, 1.82) is 0 Å². The molecule has 0 aliphatic carbocycles. The predicted octanol–water partition coefficient (Wildman–Crippen LogP) is 3.12. The van der Waals surface area contributed by atoms with E-state index in [0.29, 0.717) is 6.04 Å². The van der Waals surface area contributed by atoms with E-state index in [2.05, 4.69) is 56.9 Å². The summed E-state index contributed by atoms with van der Waals surface area (Å²) in [5, 5.41) is 0. The molecule has 2 nitrogen and oxygen atoms in total. The van der Waals surface area contributed by atoms with Crippen LogP contribution >= 0.6 is 0 Å². The average Bonchev–Trinajstić information content (AvgIpc) is 2.29. The minimum absolute atomic E-state index is 0.156. The lowest BCUT2D eigenvalue weighted by Crippen LogP contribution is -2.33. The summed E-state index contributed by atoms with van der Waals surface area (Å²) < 4.78 is 0. The highest BCUT2D eigenvalue weighted by Crippen LogP contribution is 2.18. The van der Waals surface area contributed by atoms with Crippen molar-refractivity contribution >= 4 is 0 Å². The fourth-order valence-corrected chi connectivity index (χ4v) is 2.24. The quantitative estimate of drug-likeness (QED) is 0.819. The minimum Gasteiger partial charge on any atom is -0.324 e. The first-order valence-electron chi connectivity index (χ1n) is 6.61. The standard InChI is InChI=1S/C15H26N2/c1-5-17(12(2)3)11-10-15(16)14-9-7-6-8-13(14)4/h6-9,12,15H,5,10-11,16H2,1-4H3. The SMILES string of the molecule is CCN(CCC(N)c1ccccc1C)C(C)C. The Balaban J connectivity index is 2.55. The van der Waals surface area contributed by atoms with Gasteiger partial charge in [-0.1, -0.05) is 31.2 Å². The van der Waals surface area contributed by atoms with Crippen LogP contribution in [0.1, 0.15) is 44.4 Å². The molecule has 1 unspecified atom stereocenters. The first-order valence-corrected chi connectivity index (χ1v) is 6.61. The zero-order valence-corrected chi connectivity index (χ0v) is 11.6. The van der Waals surface area contributed by atoms with Gasteiger partial charge in [0.25, 0.3) is 0 Å². The van der Waals surface area contributed by atoms with Crippen molar-refractivity contribution < 1.29 is 0 Å². The van der Waals surface area contributed by atoms with Crippen molar-refractivity contribution in [2.24, 2.45) is 5.73 Å². The van der Waals surface area contributed by atoms with Crippen molar-refractivity contribution in [3.8, 4) is 0 Å². The van der Waals surface area contributed by atoms with Crippen LogP contribution < -0.4 is 5.73 Å². The van der Waals surface area contributed by atoms with Crippen LogP contribution in [0.2, 0.25) is 0 Å². The van der Waals surface area contributed by atoms with E-state index in [9.17, 15) is 0 Å².